The maximum atomic E-state index is 11.6. The van der Waals surface area contributed by atoms with Crippen molar-refractivity contribution in [3.05, 3.63) is 130 Å². The Morgan fingerprint density at radius 1 is 0.935 bits per heavy atom. The zero-order valence-electron chi connectivity index (χ0n) is 17.2. The van der Waals surface area contributed by atoms with Crippen LogP contribution in [0.15, 0.2) is 103 Å². The second-order valence-corrected chi connectivity index (χ2v) is 7.10. The van der Waals surface area contributed by atoms with Crippen molar-refractivity contribution in [1.29, 1.82) is 0 Å². The number of hydrogen-bond acceptors (Lipinski definition) is 3. The summed E-state index contributed by atoms with van der Waals surface area (Å²) >= 11 is 0. The van der Waals surface area contributed by atoms with Gasteiger partial charge in [-0.3, -0.25) is 10.1 Å². The van der Waals surface area contributed by atoms with Crippen LogP contribution in [0.2, 0.25) is 0 Å². The van der Waals surface area contributed by atoms with Gasteiger partial charge >= 0.3 is 0 Å². The molecule has 0 aromatic heterocycles. The molecule has 0 fully saturated rings. The Kier molecular flexibility index (Phi) is 5.63. The first-order valence-electron chi connectivity index (χ1n) is 10.0. The molecule has 0 radical (unpaired) electrons. The van der Waals surface area contributed by atoms with Crippen LogP contribution in [0.25, 0.3) is 17.7 Å². The molecular weight excluding hydrogens is 384 g/mol. The monoisotopic (exact) mass is 406 g/mol. The molecule has 1 heterocycles. The van der Waals surface area contributed by atoms with E-state index in [1.807, 2.05) is 55.5 Å². The summed E-state index contributed by atoms with van der Waals surface area (Å²) < 4.78 is 0. The molecule has 0 spiro atoms. The lowest BCUT2D eigenvalue weighted by Gasteiger charge is -2.27. The largest absolute Gasteiger partial charge is 0.309 e. The third-order valence-corrected chi connectivity index (χ3v) is 5.21. The Bertz CT molecular complexity index is 1240. The van der Waals surface area contributed by atoms with E-state index in [1.54, 1.807) is 12.2 Å². The maximum Gasteiger partial charge on any atom is 0.276 e. The molecule has 1 aliphatic heterocycles. The molecule has 0 bridgehead atoms. The quantitative estimate of drug-likeness (QED) is 0.197. The number of benzene rings is 3. The van der Waals surface area contributed by atoms with Crippen molar-refractivity contribution in [2.75, 3.05) is 4.90 Å². The van der Waals surface area contributed by atoms with Gasteiger partial charge in [0.25, 0.3) is 5.70 Å². The SMILES string of the molecule is C=C/C(=C(\C=C/C)c1ccc2c(c1)C=Cc1ccccc1N2c1ccccc1)[N+](=O)[O-]. The average molecular weight is 406 g/mol. The summed E-state index contributed by atoms with van der Waals surface area (Å²) in [7, 11) is 0. The first-order chi connectivity index (χ1) is 15.1. The van der Waals surface area contributed by atoms with Gasteiger partial charge in [0.1, 0.15) is 0 Å². The third kappa shape index (κ3) is 3.83. The predicted molar refractivity (Wildman–Crippen MR) is 129 cm³/mol. The molecule has 0 saturated heterocycles. The van der Waals surface area contributed by atoms with Crippen LogP contribution in [-0.4, -0.2) is 4.92 Å². The summed E-state index contributed by atoms with van der Waals surface area (Å²) in [6.45, 7) is 5.48. The molecule has 0 amide bonds. The van der Waals surface area contributed by atoms with Gasteiger partial charge in [-0.1, -0.05) is 73.3 Å². The van der Waals surface area contributed by atoms with Crippen LogP contribution in [-0.2, 0) is 0 Å². The summed E-state index contributed by atoms with van der Waals surface area (Å²) in [5.41, 5.74) is 6.51. The Balaban J connectivity index is 1.95. The van der Waals surface area contributed by atoms with Gasteiger partial charge in [0.05, 0.1) is 21.9 Å². The molecule has 31 heavy (non-hydrogen) atoms. The van der Waals surface area contributed by atoms with Gasteiger partial charge in [0.15, 0.2) is 0 Å². The van der Waals surface area contributed by atoms with Gasteiger partial charge in [0.2, 0.25) is 0 Å². The van der Waals surface area contributed by atoms with Crippen molar-refractivity contribution in [1.82, 2.24) is 0 Å². The number of fused-ring (bicyclic) bond motifs is 2. The minimum absolute atomic E-state index is 0.0150. The van der Waals surface area contributed by atoms with Crippen molar-refractivity contribution in [2.45, 2.75) is 6.92 Å². The lowest BCUT2D eigenvalue weighted by molar-refractivity contribution is -0.417. The topological polar surface area (TPSA) is 46.4 Å². The van der Waals surface area contributed by atoms with Gasteiger partial charge in [-0.05, 0) is 53.9 Å². The highest BCUT2D eigenvalue weighted by Gasteiger charge is 2.21. The van der Waals surface area contributed by atoms with Crippen LogP contribution in [0.4, 0.5) is 17.1 Å². The zero-order valence-corrected chi connectivity index (χ0v) is 17.2. The van der Waals surface area contributed by atoms with E-state index in [2.05, 4.69) is 47.9 Å². The van der Waals surface area contributed by atoms with Gasteiger partial charge in [-0.2, -0.15) is 0 Å². The van der Waals surface area contributed by atoms with Gasteiger partial charge < -0.3 is 4.90 Å². The predicted octanol–water partition coefficient (Wildman–Crippen LogP) is 7.39. The van der Waals surface area contributed by atoms with Crippen molar-refractivity contribution in [3.8, 4) is 0 Å². The Hall–Kier alpha value is -4.18. The minimum atomic E-state index is -0.393. The molecule has 0 aliphatic carbocycles. The lowest BCUT2D eigenvalue weighted by atomic mass is 9.98. The van der Waals surface area contributed by atoms with Crippen LogP contribution < -0.4 is 4.90 Å². The molecule has 0 atom stereocenters. The highest BCUT2D eigenvalue weighted by Crippen LogP contribution is 2.42. The number of anilines is 3. The van der Waals surface area contributed by atoms with E-state index >= 15 is 0 Å². The Morgan fingerprint density at radius 3 is 2.32 bits per heavy atom. The van der Waals surface area contributed by atoms with Crippen molar-refractivity contribution in [3.63, 3.8) is 0 Å². The van der Waals surface area contributed by atoms with Crippen molar-refractivity contribution >= 4 is 34.8 Å². The molecule has 0 saturated carbocycles. The van der Waals surface area contributed by atoms with Crippen LogP contribution >= 0.6 is 0 Å². The van der Waals surface area contributed by atoms with E-state index in [1.165, 1.54) is 6.08 Å². The van der Waals surface area contributed by atoms with Crippen LogP contribution in [0, 0.1) is 10.1 Å². The highest BCUT2D eigenvalue weighted by atomic mass is 16.6. The number of hydrogen-bond donors (Lipinski definition) is 0. The van der Waals surface area contributed by atoms with Gasteiger partial charge in [-0.15, -0.1) is 0 Å². The van der Waals surface area contributed by atoms with Crippen molar-refractivity contribution in [2.24, 2.45) is 0 Å². The van der Waals surface area contributed by atoms with Gasteiger partial charge in [0, 0.05) is 11.8 Å². The molecule has 4 nitrogen and oxygen atoms in total. The standard InChI is InChI=1S/C27H22N2O2/c1-3-10-24(25(4-2)29(30)31)21-17-18-27-22(19-21)16-15-20-11-8-9-14-26(20)28(27)23-12-6-5-7-13-23/h3-19H,2H2,1H3/b10-3-,25-24-. The Morgan fingerprint density at radius 2 is 1.61 bits per heavy atom. The van der Waals surface area contributed by atoms with E-state index in [0.717, 1.165) is 33.8 Å². The summed E-state index contributed by atoms with van der Waals surface area (Å²) in [4.78, 5) is 13.4. The fraction of sp³-hybridized carbons (Fsp3) is 0.0370. The highest BCUT2D eigenvalue weighted by molar-refractivity contribution is 5.94. The van der Waals surface area contributed by atoms with E-state index in [4.69, 9.17) is 0 Å². The Labute approximate surface area is 181 Å². The summed E-state index contributed by atoms with van der Waals surface area (Å²) in [6, 6.07) is 24.4. The van der Waals surface area contributed by atoms with Crippen LogP contribution in [0.3, 0.4) is 0 Å². The van der Waals surface area contributed by atoms with Crippen molar-refractivity contribution < 1.29 is 4.92 Å². The molecule has 1 aliphatic rings. The fourth-order valence-electron chi connectivity index (χ4n) is 3.83. The molecule has 0 N–H and O–H groups in total. The fourth-order valence-corrected chi connectivity index (χ4v) is 3.83. The molecule has 4 heteroatoms. The molecule has 152 valence electrons. The molecular formula is C27H22N2O2. The number of nitrogens with zero attached hydrogens (tertiary/aromatic N) is 2. The average Bonchev–Trinajstić information content (AvgIpc) is 2.96. The van der Waals surface area contributed by atoms with Crippen LogP contribution in [0.5, 0.6) is 0 Å². The number of allylic oxidation sites excluding steroid dienone is 4. The molecule has 0 unspecified atom stereocenters. The number of para-hydroxylation sites is 2. The second-order valence-electron chi connectivity index (χ2n) is 7.10. The number of rotatable bonds is 5. The summed E-state index contributed by atoms with van der Waals surface area (Å²) in [5, 5.41) is 11.6. The first kappa shape index (κ1) is 20.1. The maximum absolute atomic E-state index is 11.6. The molecule has 4 rings (SSSR count). The molecule has 3 aromatic rings. The van der Waals surface area contributed by atoms with E-state index in [-0.39, 0.29) is 5.70 Å². The van der Waals surface area contributed by atoms with Crippen LogP contribution in [0.1, 0.15) is 23.6 Å². The van der Waals surface area contributed by atoms with Gasteiger partial charge in [-0.25, -0.2) is 0 Å². The van der Waals surface area contributed by atoms with E-state index in [9.17, 15) is 10.1 Å². The number of nitro groups is 1. The third-order valence-electron chi connectivity index (χ3n) is 5.21. The lowest BCUT2D eigenvalue weighted by Crippen LogP contribution is -2.11. The first-order valence-corrected chi connectivity index (χ1v) is 10.0. The molecule has 3 aromatic carbocycles. The second kappa shape index (κ2) is 8.67. The normalized spacial score (nSPS) is 13.3. The summed E-state index contributed by atoms with van der Waals surface area (Å²) in [6.07, 6.45) is 9.00. The smallest absolute Gasteiger partial charge is 0.276 e. The van der Waals surface area contributed by atoms with E-state index < -0.39 is 4.92 Å². The van der Waals surface area contributed by atoms with E-state index in [0.29, 0.717) is 5.57 Å². The zero-order chi connectivity index (χ0) is 21.8. The summed E-state index contributed by atoms with van der Waals surface area (Å²) in [5.74, 6) is 0. The minimum Gasteiger partial charge on any atom is -0.309 e.